The lowest BCUT2D eigenvalue weighted by atomic mass is 9.47. The Balaban J connectivity index is 1.47. The van der Waals surface area contributed by atoms with Crippen molar-refractivity contribution < 1.29 is 9.90 Å². The first-order valence-electron chi connectivity index (χ1n) is 13.3. The Kier molecular flexibility index (Phi) is 6.54. The predicted octanol–water partition coefficient (Wildman–Crippen LogP) is 7.66. The number of rotatable bonds is 6. The predicted molar refractivity (Wildman–Crippen MR) is 128 cm³/mol. The molecule has 0 saturated heterocycles. The van der Waals surface area contributed by atoms with Gasteiger partial charge in [-0.1, -0.05) is 65.5 Å². The zero-order valence-electron chi connectivity index (χ0n) is 20.8. The quantitative estimate of drug-likeness (QED) is 0.426. The maximum absolute atomic E-state index is 11.1. The molecule has 8 atom stereocenters. The van der Waals surface area contributed by atoms with Crippen LogP contribution in [0.25, 0.3) is 0 Å². The van der Waals surface area contributed by atoms with E-state index in [-0.39, 0.29) is 6.04 Å². The van der Waals surface area contributed by atoms with E-state index in [4.69, 9.17) is 5.11 Å². The summed E-state index contributed by atoms with van der Waals surface area (Å²) in [5, 5.41) is 11.9. The summed E-state index contributed by atoms with van der Waals surface area (Å²) in [6.07, 6.45) is 15.9. The third-order valence-electron chi connectivity index (χ3n) is 10.6. The number of carboxylic acid groups (broad SMARTS) is 1. The van der Waals surface area contributed by atoms with Gasteiger partial charge in [0, 0.05) is 6.04 Å². The molecule has 0 aliphatic heterocycles. The molecule has 0 aromatic rings. The SMILES string of the molecule is CC(C)CCC[C@@H](C)[C@H]1CCC2C3CC=C4CC(NC(=O)O)CC[C@]4(C)C3CC[C@@]21C. The number of nitrogens with one attached hydrogen (secondary N) is 1. The smallest absolute Gasteiger partial charge is 0.404 e. The average Bonchev–Trinajstić information content (AvgIpc) is 3.05. The van der Waals surface area contributed by atoms with E-state index in [0.717, 1.165) is 54.8 Å². The van der Waals surface area contributed by atoms with Crippen LogP contribution in [0, 0.1) is 46.3 Å². The molecule has 0 spiro atoms. The Bertz CT molecular complexity index is 699. The van der Waals surface area contributed by atoms with Gasteiger partial charge in [-0.15, -0.1) is 0 Å². The van der Waals surface area contributed by atoms with Crippen molar-refractivity contribution in [3.63, 3.8) is 0 Å². The number of carbonyl (C=O) groups is 1. The van der Waals surface area contributed by atoms with Crippen molar-refractivity contribution >= 4 is 6.09 Å². The fourth-order valence-electron chi connectivity index (χ4n) is 8.98. The van der Waals surface area contributed by atoms with Crippen LogP contribution in [0.1, 0.15) is 105 Å². The van der Waals surface area contributed by atoms with Gasteiger partial charge in [-0.25, -0.2) is 4.79 Å². The van der Waals surface area contributed by atoms with Gasteiger partial charge in [-0.05, 0) is 97.7 Å². The molecule has 3 nitrogen and oxygen atoms in total. The Labute approximate surface area is 190 Å². The van der Waals surface area contributed by atoms with E-state index >= 15 is 0 Å². The summed E-state index contributed by atoms with van der Waals surface area (Å²) in [5.74, 6) is 5.18. The highest BCUT2D eigenvalue weighted by molar-refractivity contribution is 5.65. The molecule has 4 unspecified atom stereocenters. The maximum atomic E-state index is 11.1. The molecule has 3 heteroatoms. The first-order valence-corrected chi connectivity index (χ1v) is 13.3. The molecule has 31 heavy (non-hydrogen) atoms. The van der Waals surface area contributed by atoms with Crippen molar-refractivity contribution in [3.05, 3.63) is 11.6 Å². The monoisotopic (exact) mass is 429 g/mol. The minimum absolute atomic E-state index is 0.116. The van der Waals surface area contributed by atoms with Gasteiger partial charge in [0.25, 0.3) is 0 Å². The van der Waals surface area contributed by atoms with Crippen LogP contribution in [0.2, 0.25) is 0 Å². The van der Waals surface area contributed by atoms with Gasteiger partial charge in [0.15, 0.2) is 0 Å². The summed E-state index contributed by atoms with van der Waals surface area (Å²) < 4.78 is 0. The highest BCUT2D eigenvalue weighted by Gasteiger charge is 2.59. The maximum Gasteiger partial charge on any atom is 0.404 e. The number of allylic oxidation sites excluding steroid dienone is 1. The second-order valence-electron chi connectivity index (χ2n) is 12.7. The number of amides is 1. The largest absolute Gasteiger partial charge is 0.465 e. The summed E-state index contributed by atoms with van der Waals surface area (Å²) in [6.45, 7) is 12.5. The van der Waals surface area contributed by atoms with E-state index in [0.29, 0.717) is 10.8 Å². The molecule has 4 rings (SSSR count). The van der Waals surface area contributed by atoms with Crippen LogP contribution in [-0.4, -0.2) is 17.2 Å². The van der Waals surface area contributed by atoms with Crippen molar-refractivity contribution in [1.82, 2.24) is 5.32 Å². The van der Waals surface area contributed by atoms with Crippen LogP contribution in [0.15, 0.2) is 11.6 Å². The lowest BCUT2D eigenvalue weighted by Crippen LogP contribution is -2.52. The van der Waals surface area contributed by atoms with Crippen molar-refractivity contribution in [2.75, 3.05) is 0 Å². The van der Waals surface area contributed by atoms with E-state index in [2.05, 4.69) is 46.0 Å². The van der Waals surface area contributed by atoms with Gasteiger partial charge >= 0.3 is 6.09 Å². The minimum Gasteiger partial charge on any atom is -0.465 e. The van der Waals surface area contributed by atoms with Crippen LogP contribution in [0.4, 0.5) is 4.79 Å². The van der Waals surface area contributed by atoms with Crippen LogP contribution >= 0.6 is 0 Å². The highest BCUT2D eigenvalue weighted by atomic mass is 16.4. The van der Waals surface area contributed by atoms with E-state index in [9.17, 15) is 4.79 Å². The summed E-state index contributed by atoms with van der Waals surface area (Å²) in [4.78, 5) is 11.1. The van der Waals surface area contributed by atoms with E-state index in [1.807, 2.05) is 0 Å². The second-order valence-corrected chi connectivity index (χ2v) is 12.7. The fraction of sp³-hybridized carbons (Fsp3) is 0.893. The van der Waals surface area contributed by atoms with E-state index < -0.39 is 6.09 Å². The molecule has 4 aliphatic rings. The van der Waals surface area contributed by atoms with Crippen molar-refractivity contribution in [2.45, 2.75) is 111 Å². The zero-order valence-corrected chi connectivity index (χ0v) is 20.8. The molecule has 1 amide bonds. The van der Waals surface area contributed by atoms with Crippen LogP contribution in [0.5, 0.6) is 0 Å². The van der Waals surface area contributed by atoms with Crippen molar-refractivity contribution in [2.24, 2.45) is 46.3 Å². The standard InChI is InChI=1S/C28H47NO2/c1-18(2)7-6-8-19(3)23-11-12-24-22-10-9-20-17-21(29-26(30)31)13-15-27(20,4)25(22)14-16-28(23,24)5/h9,18-19,21-25,29H,6-8,10-17H2,1-5H3,(H,30,31)/t19-,21?,22?,23-,24?,25?,27+,28-/m1/s1. The third kappa shape index (κ3) is 4.20. The second kappa shape index (κ2) is 8.75. The Hall–Kier alpha value is -0.990. The molecule has 3 saturated carbocycles. The molecule has 0 heterocycles. The van der Waals surface area contributed by atoms with Gasteiger partial charge in [0.05, 0.1) is 0 Å². The van der Waals surface area contributed by atoms with Crippen molar-refractivity contribution in [1.29, 1.82) is 0 Å². The summed E-state index contributed by atoms with van der Waals surface area (Å²) in [6, 6.07) is 0.116. The normalized spacial score (nSPS) is 42.9. The molecule has 3 fully saturated rings. The molecule has 0 bridgehead atoms. The zero-order chi connectivity index (χ0) is 22.4. The lowest BCUT2D eigenvalue weighted by Gasteiger charge is -2.58. The highest BCUT2D eigenvalue weighted by Crippen LogP contribution is 2.67. The summed E-state index contributed by atoms with van der Waals surface area (Å²) in [7, 11) is 0. The number of hydrogen-bond donors (Lipinski definition) is 2. The molecular weight excluding hydrogens is 382 g/mol. The van der Waals surface area contributed by atoms with Crippen molar-refractivity contribution in [3.8, 4) is 0 Å². The van der Waals surface area contributed by atoms with Crippen LogP contribution in [0.3, 0.4) is 0 Å². The molecule has 0 radical (unpaired) electrons. The van der Waals surface area contributed by atoms with Gasteiger partial charge in [0.2, 0.25) is 0 Å². The van der Waals surface area contributed by atoms with Gasteiger partial charge < -0.3 is 10.4 Å². The van der Waals surface area contributed by atoms with Crippen LogP contribution in [-0.2, 0) is 0 Å². The molecule has 4 aliphatic carbocycles. The minimum atomic E-state index is -0.865. The topological polar surface area (TPSA) is 49.3 Å². The first kappa shape index (κ1) is 23.2. The molecular formula is C28H47NO2. The molecule has 176 valence electrons. The number of fused-ring (bicyclic) bond motifs is 5. The average molecular weight is 430 g/mol. The van der Waals surface area contributed by atoms with E-state index in [1.165, 1.54) is 51.4 Å². The molecule has 0 aromatic heterocycles. The number of hydrogen-bond acceptors (Lipinski definition) is 1. The third-order valence-corrected chi connectivity index (χ3v) is 10.6. The van der Waals surface area contributed by atoms with Crippen LogP contribution < -0.4 is 5.32 Å². The lowest BCUT2D eigenvalue weighted by molar-refractivity contribution is -0.0513. The van der Waals surface area contributed by atoms with Gasteiger partial charge in [0.1, 0.15) is 0 Å². The summed E-state index contributed by atoms with van der Waals surface area (Å²) in [5.41, 5.74) is 2.42. The summed E-state index contributed by atoms with van der Waals surface area (Å²) >= 11 is 0. The molecule has 2 N–H and O–H groups in total. The Morgan fingerprint density at radius 3 is 2.58 bits per heavy atom. The van der Waals surface area contributed by atoms with E-state index in [1.54, 1.807) is 5.57 Å². The fourth-order valence-corrected chi connectivity index (χ4v) is 8.98. The Morgan fingerprint density at radius 1 is 1.10 bits per heavy atom. The van der Waals surface area contributed by atoms with Gasteiger partial charge in [-0.3, -0.25) is 0 Å². The molecule has 0 aromatic carbocycles. The van der Waals surface area contributed by atoms with Gasteiger partial charge in [-0.2, -0.15) is 0 Å². The first-order chi connectivity index (χ1) is 14.6. The Morgan fingerprint density at radius 2 is 1.87 bits per heavy atom.